The van der Waals surface area contributed by atoms with Crippen LogP contribution >= 0.6 is 0 Å². The first-order chi connectivity index (χ1) is 9.78. The van der Waals surface area contributed by atoms with E-state index in [1.807, 2.05) is 37.1 Å². The van der Waals surface area contributed by atoms with Gasteiger partial charge >= 0.3 is 5.97 Å². The fourth-order valence-electron chi connectivity index (χ4n) is 2.52. The molecule has 0 aliphatic carbocycles. The van der Waals surface area contributed by atoms with E-state index < -0.39 is 15.8 Å². The highest BCUT2D eigenvalue weighted by molar-refractivity contribution is 7.91. The Morgan fingerprint density at radius 2 is 2.14 bits per heavy atom. The summed E-state index contributed by atoms with van der Waals surface area (Å²) >= 11 is 0. The van der Waals surface area contributed by atoms with Gasteiger partial charge < -0.3 is 10.0 Å². The molecule has 2 rings (SSSR count). The third-order valence-corrected chi connectivity index (χ3v) is 5.57. The summed E-state index contributed by atoms with van der Waals surface area (Å²) in [6, 6.07) is 5.70. The van der Waals surface area contributed by atoms with Crippen LogP contribution in [-0.2, 0) is 14.6 Å². The predicted molar refractivity (Wildman–Crippen MR) is 83.3 cm³/mol. The number of aliphatic carboxylic acids is 1. The number of anilines is 1. The van der Waals surface area contributed by atoms with Gasteiger partial charge in [0.25, 0.3) is 0 Å². The molecule has 1 heterocycles. The summed E-state index contributed by atoms with van der Waals surface area (Å²) in [4.78, 5) is 12.5. The largest absolute Gasteiger partial charge is 0.478 e. The second-order valence-electron chi connectivity index (χ2n) is 5.38. The lowest BCUT2D eigenvalue weighted by molar-refractivity contribution is -0.131. The van der Waals surface area contributed by atoms with Gasteiger partial charge in [-0.25, -0.2) is 13.2 Å². The monoisotopic (exact) mass is 309 g/mol. The Morgan fingerprint density at radius 3 is 2.67 bits per heavy atom. The molecule has 0 amide bonds. The molecule has 1 N–H and O–H groups in total. The number of benzene rings is 1. The molecule has 114 valence electrons. The molecule has 1 atom stereocenters. The number of carboxylic acid groups (broad SMARTS) is 1. The molecule has 1 aliphatic rings. The van der Waals surface area contributed by atoms with Crippen LogP contribution in [0.25, 0.3) is 6.08 Å². The highest BCUT2D eigenvalue weighted by atomic mass is 32.2. The third kappa shape index (κ3) is 3.85. The lowest BCUT2D eigenvalue weighted by Crippen LogP contribution is -2.32. The minimum atomic E-state index is -2.90. The Morgan fingerprint density at radius 1 is 1.43 bits per heavy atom. The van der Waals surface area contributed by atoms with Crippen molar-refractivity contribution in [1.82, 2.24) is 0 Å². The average molecular weight is 309 g/mol. The van der Waals surface area contributed by atoms with Crippen molar-refractivity contribution in [2.75, 3.05) is 23.5 Å². The van der Waals surface area contributed by atoms with Crippen LogP contribution in [0.5, 0.6) is 0 Å². The van der Waals surface area contributed by atoms with E-state index in [9.17, 15) is 13.2 Å². The lowest BCUT2D eigenvalue weighted by atomic mass is 10.1. The van der Waals surface area contributed by atoms with Gasteiger partial charge in [-0.2, -0.15) is 0 Å². The molecule has 0 radical (unpaired) electrons. The van der Waals surface area contributed by atoms with Crippen LogP contribution in [-0.4, -0.2) is 44.1 Å². The van der Waals surface area contributed by atoms with Gasteiger partial charge in [0.2, 0.25) is 0 Å². The Hall–Kier alpha value is -1.82. The van der Waals surface area contributed by atoms with Crippen molar-refractivity contribution in [3.8, 4) is 0 Å². The summed E-state index contributed by atoms with van der Waals surface area (Å²) in [6.07, 6.45) is 3.31. The van der Waals surface area contributed by atoms with Gasteiger partial charge in [0.1, 0.15) is 0 Å². The Labute approximate surface area is 124 Å². The quantitative estimate of drug-likeness (QED) is 0.857. The van der Waals surface area contributed by atoms with Crippen LogP contribution in [0.15, 0.2) is 24.3 Å². The van der Waals surface area contributed by atoms with Gasteiger partial charge in [-0.3, -0.25) is 0 Å². The van der Waals surface area contributed by atoms with Crippen LogP contribution in [0.3, 0.4) is 0 Å². The van der Waals surface area contributed by atoms with Crippen molar-refractivity contribution in [3.05, 3.63) is 35.4 Å². The molecule has 1 fully saturated rings. The Bertz CT molecular complexity index is 679. The zero-order chi connectivity index (χ0) is 15.6. The van der Waals surface area contributed by atoms with Crippen LogP contribution in [0.1, 0.15) is 17.5 Å². The molecule has 5 nitrogen and oxygen atoms in total. The molecule has 0 aromatic heterocycles. The van der Waals surface area contributed by atoms with E-state index in [1.54, 1.807) is 6.08 Å². The molecule has 6 heteroatoms. The minimum absolute atomic E-state index is 0.00908. The predicted octanol–water partition coefficient (Wildman–Crippen LogP) is 1.72. The molecule has 1 unspecified atom stereocenters. The maximum atomic E-state index is 11.6. The van der Waals surface area contributed by atoms with E-state index in [4.69, 9.17) is 5.11 Å². The van der Waals surface area contributed by atoms with Crippen LogP contribution in [0.4, 0.5) is 5.69 Å². The number of carboxylic acids is 1. The summed E-state index contributed by atoms with van der Waals surface area (Å²) in [5, 5.41) is 8.65. The fraction of sp³-hybridized carbons (Fsp3) is 0.400. The summed E-state index contributed by atoms with van der Waals surface area (Å²) in [6.45, 7) is 1.91. The molecule has 1 aromatic carbocycles. The molecule has 1 saturated heterocycles. The Balaban J connectivity index is 2.18. The van der Waals surface area contributed by atoms with Crippen molar-refractivity contribution in [2.45, 2.75) is 19.4 Å². The third-order valence-electron chi connectivity index (χ3n) is 3.82. The fourth-order valence-corrected chi connectivity index (χ4v) is 4.29. The van der Waals surface area contributed by atoms with Crippen LogP contribution < -0.4 is 4.90 Å². The van der Waals surface area contributed by atoms with E-state index in [-0.39, 0.29) is 17.5 Å². The molecule has 0 saturated carbocycles. The highest BCUT2D eigenvalue weighted by Gasteiger charge is 2.30. The van der Waals surface area contributed by atoms with Gasteiger partial charge in [0.05, 0.1) is 11.5 Å². The van der Waals surface area contributed by atoms with Crippen molar-refractivity contribution < 1.29 is 18.3 Å². The summed E-state index contributed by atoms with van der Waals surface area (Å²) in [5.74, 6) is -0.532. The van der Waals surface area contributed by atoms with E-state index in [0.717, 1.165) is 22.9 Å². The molecule has 1 aliphatic heterocycles. The van der Waals surface area contributed by atoms with Crippen molar-refractivity contribution in [1.29, 1.82) is 0 Å². The topological polar surface area (TPSA) is 74.7 Å². The molecular formula is C15H19NO4S. The standard InChI is InChI=1S/C15H19NO4S/c1-11-9-13(5-3-12(11)4-6-15(17)18)16(2)14-7-8-21(19,20)10-14/h3-6,9,14H,7-8,10H2,1-2H3,(H,17,18). The number of nitrogens with zero attached hydrogens (tertiary/aromatic N) is 1. The smallest absolute Gasteiger partial charge is 0.328 e. The molecular weight excluding hydrogens is 290 g/mol. The van der Waals surface area contributed by atoms with Crippen LogP contribution in [0.2, 0.25) is 0 Å². The summed E-state index contributed by atoms with van der Waals surface area (Å²) < 4.78 is 23.1. The number of hydrogen-bond donors (Lipinski definition) is 1. The zero-order valence-electron chi connectivity index (χ0n) is 12.1. The van der Waals surface area contributed by atoms with Crippen molar-refractivity contribution >= 4 is 27.6 Å². The molecule has 0 spiro atoms. The summed E-state index contributed by atoms with van der Waals surface area (Å²) in [5.41, 5.74) is 2.74. The van der Waals surface area contributed by atoms with Crippen LogP contribution in [0, 0.1) is 6.92 Å². The normalized spacial score (nSPS) is 20.8. The zero-order valence-corrected chi connectivity index (χ0v) is 12.9. The van der Waals surface area contributed by atoms with Gasteiger partial charge in [-0.1, -0.05) is 6.07 Å². The van der Waals surface area contributed by atoms with Gasteiger partial charge in [-0.05, 0) is 42.7 Å². The van der Waals surface area contributed by atoms with Gasteiger partial charge in [0.15, 0.2) is 9.84 Å². The molecule has 1 aromatic rings. The van der Waals surface area contributed by atoms with E-state index in [1.165, 1.54) is 0 Å². The number of aryl methyl sites for hydroxylation is 1. The number of rotatable bonds is 4. The van der Waals surface area contributed by atoms with Gasteiger partial charge in [-0.15, -0.1) is 0 Å². The maximum Gasteiger partial charge on any atom is 0.328 e. The number of hydrogen-bond acceptors (Lipinski definition) is 4. The van der Waals surface area contributed by atoms with E-state index >= 15 is 0 Å². The van der Waals surface area contributed by atoms with E-state index in [0.29, 0.717) is 6.42 Å². The highest BCUT2D eigenvalue weighted by Crippen LogP contribution is 2.25. The molecule has 21 heavy (non-hydrogen) atoms. The minimum Gasteiger partial charge on any atom is -0.478 e. The van der Waals surface area contributed by atoms with Crippen molar-refractivity contribution in [2.24, 2.45) is 0 Å². The first-order valence-corrected chi connectivity index (χ1v) is 8.55. The second-order valence-corrected chi connectivity index (χ2v) is 7.61. The van der Waals surface area contributed by atoms with E-state index in [2.05, 4.69) is 0 Å². The first-order valence-electron chi connectivity index (χ1n) is 6.73. The second kappa shape index (κ2) is 5.89. The number of carbonyl (C=O) groups is 1. The number of sulfone groups is 1. The molecule has 0 bridgehead atoms. The lowest BCUT2D eigenvalue weighted by Gasteiger charge is -2.26. The first kappa shape index (κ1) is 15.6. The Kier molecular flexibility index (Phi) is 4.37. The maximum absolute atomic E-state index is 11.6. The SMILES string of the molecule is Cc1cc(N(C)C2CCS(=O)(=O)C2)ccc1C=CC(=O)O. The van der Waals surface area contributed by atoms with Crippen molar-refractivity contribution in [3.63, 3.8) is 0 Å². The summed E-state index contributed by atoms with van der Waals surface area (Å²) in [7, 11) is -1.01. The van der Waals surface area contributed by atoms with Gasteiger partial charge in [0, 0.05) is 24.9 Å². The average Bonchev–Trinajstić information content (AvgIpc) is 2.76.